The third-order valence-electron chi connectivity index (χ3n) is 6.30. The number of hydrogen-bond donors (Lipinski definition) is 2. The van der Waals surface area contributed by atoms with Gasteiger partial charge < -0.3 is 15.4 Å². The van der Waals surface area contributed by atoms with E-state index in [0.29, 0.717) is 50.6 Å². The van der Waals surface area contributed by atoms with Gasteiger partial charge in [-0.15, -0.1) is 0 Å². The van der Waals surface area contributed by atoms with Crippen molar-refractivity contribution in [1.82, 2.24) is 9.21 Å². The van der Waals surface area contributed by atoms with Crippen LogP contribution in [0.2, 0.25) is 0 Å². The first-order valence-corrected chi connectivity index (χ1v) is 12.6. The number of nitrogens with two attached hydrogens (primary N) is 1. The number of methoxy groups -OCH3 is 1. The summed E-state index contributed by atoms with van der Waals surface area (Å²) < 4.78 is 31.8. The van der Waals surface area contributed by atoms with Crippen LogP contribution in [-0.2, 0) is 14.8 Å². The fraction of sp³-hybridized carbons (Fsp3) is 0.636. The number of carbonyl (C=O) groups excluding carboxylic acids is 1. The first-order valence-electron chi connectivity index (χ1n) is 11.1. The molecule has 0 radical (unpaired) electrons. The standard InChI is InChI=1S/C22H35N5O4S/c1-16(2)32(29,30)26-9-7-17(8-10-26)12-25-13-18(15-31-3)14-27(22(25)28)20-6-4-5-19(11-20)21(23)24/h4-6,11,16-18H,7-10,12-15H2,1-3H3,(H3,23,24). The lowest BCUT2D eigenvalue weighted by Gasteiger charge is -2.42. The van der Waals surface area contributed by atoms with Gasteiger partial charge in [0.25, 0.3) is 0 Å². The molecular weight excluding hydrogens is 430 g/mol. The number of piperidine rings is 1. The maximum atomic E-state index is 13.4. The lowest BCUT2D eigenvalue weighted by molar-refractivity contribution is 0.105. The molecule has 178 valence electrons. The SMILES string of the molecule is COCC1CN(CC2CCN(S(=O)(=O)C(C)C)CC2)C(=O)N(c2cccc(C(=N)N)c2)C1. The van der Waals surface area contributed by atoms with Gasteiger partial charge >= 0.3 is 6.03 Å². The summed E-state index contributed by atoms with van der Waals surface area (Å²) in [5, 5.41) is 7.28. The Bertz CT molecular complexity index is 928. The second-order valence-electron chi connectivity index (χ2n) is 9.02. The van der Waals surface area contributed by atoms with Crippen molar-refractivity contribution in [3.63, 3.8) is 0 Å². The Hall–Kier alpha value is -2.17. The van der Waals surface area contributed by atoms with Crippen LogP contribution in [0.3, 0.4) is 0 Å². The normalized spacial score (nSPS) is 21.4. The van der Waals surface area contributed by atoms with E-state index in [9.17, 15) is 13.2 Å². The Labute approximate surface area is 191 Å². The van der Waals surface area contributed by atoms with Crippen molar-refractivity contribution in [3.05, 3.63) is 29.8 Å². The third kappa shape index (κ3) is 5.41. The number of urea groups is 1. The summed E-state index contributed by atoms with van der Waals surface area (Å²) in [7, 11) is -1.58. The van der Waals surface area contributed by atoms with Crippen LogP contribution in [0.15, 0.2) is 24.3 Å². The summed E-state index contributed by atoms with van der Waals surface area (Å²) in [6.45, 7) is 6.70. The molecule has 3 N–H and O–H groups in total. The number of amidine groups is 1. The number of carbonyl (C=O) groups is 1. The van der Waals surface area contributed by atoms with E-state index in [-0.39, 0.29) is 23.7 Å². The molecule has 1 atom stereocenters. The minimum Gasteiger partial charge on any atom is -0.384 e. The Balaban J connectivity index is 1.71. The largest absolute Gasteiger partial charge is 0.384 e. The molecule has 1 unspecified atom stereocenters. The van der Waals surface area contributed by atoms with Crippen molar-refractivity contribution in [1.29, 1.82) is 5.41 Å². The first kappa shape index (κ1) is 24.5. The average molecular weight is 466 g/mol. The first-order chi connectivity index (χ1) is 15.1. The zero-order valence-corrected chi connectivity index (χ0v) is 20.0. The monoisotopic (exact) mass is 465 g/mol. The number of rotatable bonds is 8. The van der Waals surface area contributed by atoms with E-state index in [1.807, 2.05) is 11.0 Å². The Morgan fingerprint density at radius 3 is 2.50 bits per heavy atom. The summed E-state index contributed by atoms with van der Waals surface area (Å²) in [4.78, 5) is 17.0. The lowest BCUT2D eigenvalue weighted by atomic mass is 9.96. The minimum atomic E-state index is -3.24. The van der Waals surface area contributed by atoms with Crippen molar-refractivity contribution in [2.45, 2.75) is 31.9 Å². The van der Waals surface area contributed by atoms with Crippen molar-refractivity contribution in [2.24, 2.45) is 17.6 Å². The quantitative estimate of drug-likeness (QED) is 0.449. The molecule has 1 aromatic rings. The van der Waals surface area contributed by atoms with Crippen molar-refractivity contribution >= 4 is 27.6 Å². The third-order valence-corrected chi connectivity index (χ3v) is 8.58. The number of hydrogen-bond acceptors (Lipinski definition) is 5. The van der Waals surface area contributed by atoms with Crippen LogP contribution in [0.4, 0.5) is 10.5 Å². The van der Waals surface area contributed by atoms with Gasteiger partial charge in [0.1, 0.15) is 5.84 Å². The zero-order valence-electron chi connectivity index (χ0n) is 19.2. The molecule has 0 aromatic heterocycles. The second-order valence-corrected chi connectivity index (χ2v) is 11.5. The smallest absolute Gasteiger partial charge is 0.324 e. The van der Waals surface area contributed by atoms with E-state index in [2.05, 4.69) is 0 Å². The summed E-state index contributed by atoms with van der Waals surface area (Å²) >= 11 is 0. The molecule has 0 spiro atoms. The molecular formula is C22H35N5O4S. The van der Waals surface area contributed by atoms with E-state index >= 15 is 0 Å². The fourth-order valence-electron chi connectivity index (χ4n) is 4.46. The number of ether oxygens (including phenoxy) is 1. The van der Waals surface area contributed by atoms with Gasteiger partial charge in [-0.05, 0) is 44.7 Å². The van der Waals surface area contributed by atoms with Crippen molar-refractivity contribution in [3.8, 4) is 0 Å². The molecule has 10 heteroatoms. The minimum absolute atomic E-state index is 0.0373. The fourth-order valence-corrected chi connectivity index (χ4v) is 5.78. The van der Waals surface area contributed by atoms with Gasteiger partial charge in [-0.25, -0.2) is 17.5 Å². The van der Waals surface area contributed by atoms with Crippen LogP contribution < -0.4 is 10.6 Å². The van der Waals surface area contributed by atoms with Crippen molar-refractivity contribution < 1.29 is 17.9 Å². The highest BCUT2D eigenvalue weighted by Gasteiger charge is 2.36. The van der Waals surface area contributed by atoms with Crippen LogP contribution in [0.5, 0.6) is 0 Å². The number of anilines is 1. The van der Waals surface area contributed by atoms with Gasteiger partial charge in [-0.2, -0.15) is 0 Å². The highest BCUT2D eigenvalue weighted by molar-refractivity contribution is 7.89. The average Bonchev–Trinajstić information content (AvgIpc) is 2.76. The molecule has 0 bridgehead atoms. The molecule has 2 heterocycles. The molecule has 2 aliphatic heterocycles. The molecule has 0 saturated carbocycles. The van der Waals surface area contributed by atoms with Gasteiger partial charge in [-0.1, -0.05) is 12.1 Å². The van der Waals surface area contributed by atoms with E-state index in [0.717, 1.165) is 12.8 Å². The predicted molar refractivity (Wildman–Crippen MR) is 125 cm³/mol. The van der Waals surface area contributed by atoms with E-state index < -0.39 is 15.3 Å². The van der Waals surface area contributed by atoms with Crippen LogP contribution >= 0.6 is 0 Å². The maximum Gasteiger partial charge on any atom is 0.324 e. The number of benzene rings is 1. The van der Waals surface area contributed by atoms with Crippen LogP contribution in [0.1, 0.15) is 32.3 Å². The van der Waals surface area contributed by atoms with Crippen LogP contribution in [-0.4, -0.2) is 81.2 Å². The molecule has 2 fully saturated rings. The van der Waals surface area contributed by atoms with Crippen molar-refractivity contribution in [2.75, 3.05) is 51.3 Å². The molecule has 3 rings (SSSR count). The van der Waals surface area contributed by atoms with Crippen LogP contribution in [0, 0.1) is 17.2 Å². The summed E-state index contributed by atoms with van der Waals surface area (Å²) in [5.74, 6) is 0.370. The van der Waals surface area contributed by atoms with E-state index in [1.54, 1.807) is 48.4 Å². The summed E-state index contributed by atoms with van der Waals surface area (Å²) in [5.41, 5.74) is 6.93. The number of amides is 2. The number of nitrogen functional groups attached to an aromatic ring is 1. The highest BCUT2D eigenvalue weighted by atomic mass is 32.2. The molecule has 2 aliphatic rings. The van der Waals surface area contributed by atoms with Gasteiger partial charge in [0.2, 0.25) is 10.0 Å². The molecule has 0 aliphatic carbocycles. The summed E-state index contributed by atoms with van der Waals surface area (Å²) in [6, 6.07) is 7.10. The van der Waals surface area contributed by atoms with E-state index in [1.165, 1.54) is 0 Å². The maximum absolute atomic E-state index is 13.4. The Kier molecular flexibility index (Phi) is 7.79. The molecule has 2 saturated heterocycles. The van der Waals surface area contributed by atoms with Gasteiger partial charge in [-0.3, -0.25) is 10.3 Å². The zero-order chi connectivity index (χ0) is 23.5. The topological polar surface area (TPSA) is 120 Å². The predicted octanol–water partition coefficient (Wildman–Crippen LogP) is 1.93. The van der Waals surface area contributed by atoms with Gasteiger partial charge in [0, 0.05) is 57.0 Å². The number of sulfonamides is 1. The Morgan fingerprint density at radius 2 is 1.91 bits per heavy atom. The Morgan fingerprint density at radius 1 is 1.22 bits per heavy atom. The number of nitrogens with zero attached hydrogens (tertiary/aromatic N) is 3. The summed E-state index contributed by atoms with van der Waals surface area (Å²) in [6.07, 6.45) is 1.48. The van der Waals surface area contributed by atoms with Crippen LogP contribution in [0.25, 0.3) is 0 Å². The second kappa shape index (κ2) is 10.2. The molecule has 2 amide bonds. The number of nitrogens with one attached hydrogen (secondary N) is 1. The van der Waals surface area contributed by atoms with Gasteiger partial charge in [0.05, 0.1) is 11.9 Å². The lowest BCUT2D eigenvalue weighted by Crippen LogP contribution is -2.56. The highest BCUT2D eigenvalue weighted by Crippen LogP contribution is 2.27. The van der Waals surface area contributed by atoms with Gasteiger partial charge in [0.15, 0.2) is 0 Å². The molecule has 32 heavy (non-hydrogen) atoms. The molecule has 1 aromatic carbocycles. The molecule has 9 nitrogen and oxygen atoms in total. The van der Waals surface area contributed by atoms with E-state index in [4.69, 9.17) is 15.9 Å².